The number of rotatable bonds is 4. The van der Waals surface area contributed by atoms with Crippen molar-refractivity contribution in [3.8, 4) is 6.07 Å². The Hall–Kier alpha value is -2.68. The fourth-order valence-corrected chi connectivity index (χ4v) is 3.08. The first-order chi connectivity index (χ1) is 11.3. The van der Waals surface area contributed by atoms with Crippen molar-refractivity contribution in [2.45, 2.75) is 39.7 Å². The number of likely N-dealkylation sites (N-methyl/N-ethyl adjacent to an activating group) is 1. The van der Waals surface area contributed by atoms with E-state index in [1.165, 1.54) is 12.3 Å². The molecule has 5 nitrogen and oxygen atoms in total. The summed E-state index contributed by atoms with van der Waals surface area (Å²) in [6.07, 6.45) is 3.13. The van der Waals surface area contributed by atoms with Gasteiger partial charge in [0.2, 0.25) is 0 Å². The number of carbonyl (C=O) groups is 1. The van der Waals surface area contributed by atoms with Gasteiger partial charge < -0.3 is 4.90 Å². The molecule has 1 heterocycles. The monoisotopic (exact) mass is 328 g/mol. The fourth-order valence-electron chi connectivity index (χ4n) is 3.08. The Labute approximate surface area is 141 Å². The van der Waals surface area contributed by atoms with Crippen LogP contribution in [0.15, 0.2) is 23.3 Å². The van der Waals surface area contributed by atoms with Crippen molar-refractivity contribution in [1.29, 1.82) is 5.26 Å². The maximum absolute atomic E-state index is 14.4. The Balaban J connectivity index is 2.37. The second-order valence-electron chi connectivity index (χ2n) is 6.24. The zero-order chi connectivity index (χ0) is 17.9. The largest absolute Gasteiger partial charge is 0.363 e. The molecule has 0 aromatic heterocycles. The van der Waals surface area contributed by atoms with E-state index in [1.54, 1.807) is 12.1 Å². The molecule has 0 saturated carbocycles. The maximum Gasteiger partial charge on any atom is 0.254 e. The van der Waals surface area contributed by atoms with E-state index in [0.29, 0.717) is 0 Å². The second-order valence-corrected chi connectivity index (χ2v) is 6.24. The van der Waals surface area contributed by atoms with E-state index >= 15 is 0 Å². The highest BCUT2D eigenvalue weighted by Crippen LogP contribution is 2.39. The standard InChI is InChI=1S/C18H21FN4O/c1-5-23-16-9-15(19)13(11-21-22-17(24)6-7-20)8-14(16)12(2)10-18(23,3)4/h8-11H,5-6H2,1-4H3,(H,22,24)/b21-11-. The molecule has 2 rings (SSSR count). The minimum atomic E-state index is -0.526. The molecule has 126 valence electrons. The minimum absolute atomic E-state index is 0.181. The molecule has 1 aromatic carbocycles. The van der Waals surface area contributed by atoms with Gasteiger partial charge in [-0.2, -0.15) is 10.4 Å². The van der Waals surface area contributed by atoms with Crippen LogP contribution in [0.4, 0.5) is 10.1 Å². The molecule has 0 bridgehead atoms. The van der Waals surface area contributed by atoms with Crippen molar-refractivity contribution in [1.82, 2.24) is 5.43 Å². The van der Waals surface area contributed by atoms with Crippen molar-refractivity contribution < 1.29 is 9.18 Å². The van der Waals surface area contributed by atoms with Gasteiger partial charge in [0.15, 0.2) is 0 Å². The van der Waals surface area contributed by atoms with Crippen LogP contribution in [0.25, 0.3) is 5.57 Å². The zero-order valence-corrected chi connectivity index (χ0v) is 14.4. The van der Waals surface area contributed by atoms with Gasteiger partial charge in [0.05, 0.1) is 17.8 Å². The average molecular weight is 328 g/mol. The molecule has 24 heavy (non-hydrogen) atoms. The number of anilines is 1. The third-order valence-corrected chi connectivity index (χ3v) is 4.04. The molecule has 0 saturated heterocycles. The molecule has 1 aromatic rings. The molecule has 0 unspecified atom stereocenters. The van der Waals surface area contributed by atoms with Crippen molar-refractivity contribution in [3.05, 3.63) is 35.2 Å². The van der Waals surface area contributed by atoms with Crippen molar-refractivity contribution in [2.24, 2.45) is 5.10 Å². The summed E-state index contributed by atoms with van der Waals surface area (Å²) in [5.74, 6) is -0.932. The van der Waals surface area contributed by atoms with E-state index in [2.05, 4.69) is 35.4 Å². The maximum atomic E-state index is 14.4. The average Bonchev–Trinajstić information content (AvgIpc) is 2.48. The lowest BCUT2D eigenvalue weighted by molar-refractivity contribution is -0.120. The van der Waals surface area contributed by atoms with Crippen LogP contribution in [-0.4, -0.2) is 24.2 Å². The van der Waals surface area contributed by atoms with Gasteiger partial charge in [-0.3, -0.25) is 4.79 Å². The number of hydrazone groups is 1. The molecule has 6 heteroatoms. The molecule has 0 fully saturated rings. The highest BCUT2D eigenvalue weighted by atomic mass is 19.1. The molecule has 0 atom stereocenters. The van der Waals surface area contributed by atoms with Gasteiger partial charge in [-0.1, -0.05) is 6.08 Å². The number of carbonyl (C=O) groups excluding carboxylic acids is 1. The van der Waals surface area contributed by atoms with Gasteiger partial charge in [-0.25, -0.2) is 9.82 Å². The lowest BCUT2D eigenvalue weighted by Gasteiger charge is -2.42. The lowest BCUT2D eigenvalue weighted by atomic mass is 9.88. The Morgan fingerprint density at radius 1 is 1.50 bits per heavy atom. The summed E-state index contributed by atoms with van der Waals surface area (Å²) in [6.45, 7) is 9.00. The van der Waals surface area contributed by atoms with E-state index in [0.717, 1.165) is 23.4 Å². The summed E-state index contributed by atoms with van der Waals surface area (Å²) in [5, 5.41) is 12.1. The Bertz CT molecular complexity index is 759. The van der Waals surface area contributed by atoms with Crippen LogP contribution in [-0.2, 0) is 4.79 Å². The zero-order valence-electron chi connectivity index (χ0n) is 14.4. The van der Waals surface area contributed by atoms with Crippen molar-refractivity contribution >= 4 is 23.4 Å². The van der Waals surface area contributed by atoms with Crippen LogP contribution < -0.4 is 10.3 Å². The number of hydrogen-bond donors (Lipinski definition) is 1. The Morgan fingerprint density at radius 2 is 2.21 bits per heavy atom. The lowest BCUT2D eigenvalue weighted by Crippen LogP contribution is -2.45. The summed E-state index contributed by atoms with van der Waals surface area (Å²) in [5.41, 5.74) is 5.18. The molecule has 1 aliphatic heterocycles. The van der Waals surface area contributed by atoms with Crippen LogP contribution in [0.2, 0.25) is 0 Å². The van der Waals surface area contributed by atoms with Gasteiger partial charge in [0.25, 0.3) is 5.91 Å². The molecule has 0 aliphatic carbocycles. The molecule has 1 N–H and O–H groups in total. The Morgan fingerprint density at radius 3 is 2.83 bits per heavy atom. The fraction of sp³-hybridized carbons (Fsp3) is 0.389. The number of hydrogen-bond acceptors (Lipinski definition) is 4. The molecule has 0 radical (unpaired) electrons. The third-order valence-electron chi connectivity index (χ3n) is 4.04. The van der Waals surface area contributed by atoms with Gasteiger partial charge in [0.1, 0.15) is 12.2 Å². The molecule has 1 amide bonds. The van der Waals surface area contributed by atoms with E-state index < -0.39 is 11.7 Å². The molecule has 1 aliphatic rings. The molecular weight excluding hydrogens is 307 g/mol. The van der Waals surface area contributed by atoms with E-state index in [1.807, 2.05) is 13.8 Å². The predicted octanol–water partition coefficient (Wildman–Crippen LogP) is 3.21. The first-order valence-electron chi connectivity index (χ1n) is 7.80. The van der Waals surface area contributed by atoms with Gasteiger partial charge >= 0.3 is 0 Å². The Kier molecular flexibility index (Phi) is 5.03. The SMILES string of the molecule is CCN1c2cc(F)c(/C=N\NC(=O)CC#N)cc2C(C)=CC1(C)C. The highest BCUT2D eigenvalue weighted by molar-refractivity contribution is 5.89. The first-order valence-corrected chi connectivity index (χ1v) is 7.80. The summed E-state index contributed by atoms with van der Waals surface area (Å²) >= 11 is 0. The number of nitriles is 1. The third kappa shape index (κ3) is 3.46. The number of nitrogens with zero attached hydrogens (tertiary/aromatic N) is 3. The number of allylic oxidation sites excluding steroid dienone is 1. The van der Waals surface area contributed by atoms with Gasteiger partial charge in [0, 0.05) is 23.4 Å². The summed E-state index contributed by atoms with van der Waals surface area (Å²) in [6, 6.07) is 4.96. The van der Waals surface area contributed by atoms with Crippen molar-refractivity contribution in [3.63, 3.8) is 0 Å². The van der Waals surface area contributed by atoms with Crippen LogP contribution in [0.3, 0.4) is 0 Å². The highest BCUT2D eigenvalue weighted by Gasteiger charge is 2.30. The van der Waals surface area contributed by atoms with Crippen LogP contribution in [0.5, 0.6) is 0 Å². The quantitative estimate of drug-likeness (QED) is 0.681. The van der Waals surface area contributed by atoms with Crippen LogP contribution >= 0.6 is 0 Å². The normalized spacial score (nSPS) is 15.7. The number of benzene rings is 1. The molecule has 0 spiro atoms. The minimum Gasteiger partial charge on any atom is -0.363 e. The summed E-state index contributed by atoms with van der Waals surface area (Å²) in [7, 11) is 0. The number of nitrogens with one attached hydrogen (secondary N) is 1. The second kappa shape index (κ2) is 6.83. The van der Waals surface area contributed by atoms with E-state index in [9.17, 15) is 9.18 Å². The first kappa shape index (κ1) is 17.7. The number of fused-ring (bicyclic) bond motifs is 1. The van der Waals surface area contributed by atoms with E-state index in [4.69, 9.17) is 5.26 Å². The van der Waals surface area contributed by atoms with Gasteiger partial charge in [-0.05, 0) is 45.4 Å². The van der Waals surface area contributed by atoms with E-state index in [-0.39, 0.29) is 17.5 Å². The van der Waals surface area contributed by atoms with Crippen LogP contribution in [0.1, 0.15) is 45.2 Å². The number of halogens is 1. The topological polar surface area (TPSA) is 68.5 Å². The smallest absolute Gasteiger partial charge is 0.254 e. The predicted molar refractivity (Wildman–Crippen MR) is 93.1 cm³/mol. The van der Waals surface area contributed by atoms with Gasteiger partial charge in [-0.15, -0.1) is 0 Å². The number of amides is 1. The van der Waals surface area contributed by atoms with Crippen molar-refractivity contribution in [2.75, 3.05) is 11.4 Å². The summed E-state index contributed by atoms with van der Waals surface area (Å²) in [4.78, 5) is 13.3. The molecular formula is C18H21FN4O. The van der Waals surface area contributed by atoms with Crippen LogP contribution in [0, 0.1) is 17.1 Å². The summed E-state index contributed by atoms with van der Waals surface area (Å²) < 4.78 is 14.4.